The van der Waals surface area contributed by atoms with Crippen molar-refractivity contribution in [2.75, 3.05) is 13.1 Å². The van der Waals surface area contributed by atoms with Crippen LogP contribution in [0.25, 0.3) is 0 Å². The zero-order valence-corrected chi connectivity index (χ0v) is 22.3. The number of nitrogens with one attached hydrogen (secondary N) is 2. The second-order valence-electron chi connectivity index (χ2n) is 9.24. The van der Waals surface area contributed by atoms with Crippen LogP contribution in [-0.4, -0.2) is 49.1 Å². The Hall–Kier alpha value is -2.75. The molecule has 0 aromatic heterocycles. The first-order valence-corrected chi connectivity index (χ1v) is 13.6. The van der Waals surface area contributed by atoms with Gasteiger partial charge < -0.3 is 10.6 Å². The molecule has 1 aliphatic rings. The van der Waals surface area contributed by atoms with E-state index < -0.39 is 27.4 Å². The summed E-state index contributed by atoms with van der Waals surface area (Å²) < 4.78 is 42.2. The van der Waals surface area contributed by atoms with Gasteiger partial charge in [0, 0.05) is 19.6 Å². The lowest BCUT2D eigenvalue weighted by molar-refractivity contribution is -0.123. The Morgan fingerprint density at radius 3 is 2.58 bits per heavy atom. The number of halogens is 2. The van der Waals surface area contributed by atoms with E-state index in [4.69, 9.17) is 11.6 Å². The molecule has 10 heteroatoms. The summed E-state index contributed by atoms with van der Waals surface area (Å²) in [6, 6.07) is 11.7. The normalized spacial score (nSPS) is 16.9. The van der Waals surface area contributed by atoms with Gasteiger partial charge in [-0.1, -0.05) is 49.4 Å². The maximum atomic E-state index is 14.0. The minimum absolute atomic E-state index is 0.0324. The molecule has 3 rings (SSSR count). The van der Waals surface area contributed by atoms with Crippen LogP contribution in [0.15, 0.2) is 70.6 Å². The number of carbonyl (C=O) groups excluding carboxylic acids is 1. The van der Waals surface area contributed by atoms with Crippen LogP contribution in [0.4, 0.5) is 4.39 Å². The molecule has 2 aromatic rings. The fraction of sp³-hybridized carbons (Fsp3) is 0.385. The maximum Gasteiger partial charge on any atom is 0.245 e. The number of carbonyl (C=O) groups is 1. The summed E-state index contributed by atoms with van der Waals surface area (Å²) in [7, 11) is -3.89. The van der Waals surface area contributed by atoms with Crippen molar-refractivity contribution in [1.29, 1.82) is 0 Å². The molecule has 1 atom stereocenters. The Balaban J connectivity index is 1.79. The Morgan fingerprint density at radius 2 is 1.94 bits per heavy atom. The van der Waals surface area contributed by atoms with Crippen molar-refractivity contribution in [2.45, 2.75) is 56.6 Å². The lowest BCUT2D eigenvalue weighted by Crippen LogP contribution is -2.52. The molecule has 0 saturated carbocycles. The highest BCUT2D eigenvalue weighted by Crippen LogP contribution is 2.25. The number of benzene rings is 2. The second-order valence-corrected chi connectivity index (χ2v) is 11.6. The SMILES string of the molecule is C=C(CCN(Cc1ccc(Cl)c(F)c1)S(=O)(=O)c1ccccc1)C1=NC(C)(C)[C@H](C(=O)NCCC)N1. The molecule has 1 amide bonds. The molecule has 194 valence electrons. The van der Waals surface area contributed by atoms with E-state index in [1.165, 1.54) is 28.6 Å². The van der Waals surface area contributed by atoms with Crippen LogP contribution in [0.5, 0.6) is 0 Å². The van der Waals surface area contributed by atoms with Gasteiger partial charge in [-0.25, -0.2) is 12.8 Å². The smallest absolute Gasteiger partial charge is 0.245 e. The Bertz CT molecular complexity index is 1250. The summed E-state index contributed by atoms with van der Waals surface area (Å²) in [6.07, 6.45) is 1.08. The first kappa shape index (κ1) is 27.8. The van der Waals surface area contributed by atoms with Crippen LogP contribution >= 0.6 is 11.6 Å². The molecule has 2 aromatic carbocycles. The first-order valence-electron chi connectivity index (χ1n) is 11.8. The minimum atomic E-state index is -3.89. The molecule has 2 N–H and O–H groups in total. The number of amides is 1. The van der Waals surface area contributed by atoms with E-state index >= 15 is 0 Å². The quantitative estimate of drug-likeness (QED) is 0.450. The first-order chi connectivity index (χ1) is 17.0. The van der Waals surface area contributed by atoms with Gasteiger partial charge in [-0.15, -0.1) is 0 Å². The number of hydrogen-bond donors (Lipinski definition) is 2. The van der Waals surface area contributed by atoms with Crippen molar-refractivity contribution in [1.82, 2.24) is 14.9 Å². The second kappa shape index (κ2) is 11.5. The van der Waals surface area contributed by atoms with Gasteiger partial charge in [0.2, 0.25) is 15.9 Å². The highest BCUT2D eigenvalue weighted by atomic mass is 35.5. The zero-order valence-electron chi connectivity index (χ0n) is 20.7. The third kappa shape index (κ3) is 6.52. The van der Waals surface area contributed by atoms with Crippen LogP contribution in [0.2, 0.25) is 5.02 Å². The maximum absolute atomic E-state index is 14.0. The summed E-state index contributed by atoms with van der Waals surface area (Å²) in [5.41, 5.74) is 0.351. The van der Waals surface area contributed by atoms with Crippen molar-refractivity contribution in [3.8, 4) is 0 Å². The van der Waals surface area contributed by atoms with Gasteiger partial charge in [-0.3, -0.25) is 9.79 Å². The largest absolute Gasteiger partial charge is 0.357 e. The summed E-state index contributed by atoms with van der Waals surface area (Å²) in [6.45, 7) is 10.4. The van der Waals surface area contributed by atoms with Gasteiger partial charge in [-0.05, 0) is 62.1 Å². The molecular weight excluding hydrogens is 503 g/mol. The summed E-state index contributed by atoms with van der Waals surface area (Å²) >= 11 is 5.80. The molecule has 0 spiro atoms. The van der Waals surface area contributed by atoms with Crippen molar-refractivity contribution < 1.29 is 17.6 Å². The van der Waals surface area contributed by atoms with Crippen molar-refractivity contribution in [2.24, 2.45) is 4.99 Å². The van der Waals surface area contributed by atoms with Gasteiger partial charge in [0.25, 0.3) is 0 Å². The van der Waals surface area contributed by atoms with E-state index in [0.717, 1.165) is 6.42 Å². The van der Waals surface area contributed by atoms with Gasteiger partial charge in [-0.2, -0.15) is 4.31 Å². The van der Waals surface area contributed by atoms with Crippen LogP contribution in [-0.2, 0) is 21.4 Å². The molecule has 0 bridgehead atoms. The van der Waals surface area contributed by atoms with Gasteiger partial charge >= 0.3 is 0 Å². The summed E-state index contributed by atoms with van der Waals surface area (Å²) in [5.74, 6) is -0.285. The van der Waals surface area contributed by atoms with Crippen molar-refractivity contribution in [3.05, 3.63) is 77.1 Å². The molecule has 7 nitrogen and oxygen atoms in total. The molecule has 0 unspecified atom stereocenters. The average molecular weight is 535 g/mol. The molecule has 0 fully saturated rings. The van der Waals surface area contributed by atoms with Crippen LogP contribution in [0.1, 0.15) is 39.2 Å². The Morgan fingerprint density at radius 1 is 1.25 bits per heavy atom. The van der Waals surface area contributed by atoms with Crippen molar-refractivity contribution in [3.63, 3.8) is 0 Å². The van der Waals surface area contributed by atoms with E-state index in [0.29, 0.717) is 23.5 Å². The molecule has 0 saturated heterocycles. The van der Waals surface area contributed by atoms with E-state index in [9.17, 15) is 17.6 Å². The van der Waals surface area contributed by atoms with Gasteiger partial charge in [0.1, 0.15) is 17.7 Å². The molecule has 1 heterocycles. The number of hydrogen-bond acceptors (Lipinski definition) is 5. The van der Waals surface area contributed by atoms with E-state index in [1.807, 2.05) is 20.8 Å². The Labute approximate surface area is 217 Å². The average Bonchev–Trinajstić information content (AvgIpc) is 3.17. The predicted molar refractivity (Wildman–Crippen MR) is 141 cm³/mol. The van der Waals surface area contributed by atoms with Gasteiger partial charge in [0.05, 0.1) is 15.5 Å². The monoisotopic (exact) mass is 534 g/mol. The van der Waals surface area contributed by atoms with Crippen LogP contribution in [0.3, 0.4) is 0 Å². The lowest BCUT2D eigenvalue weighted by atomic mass is 9.96. The lowest BCUT2D eigenvalue weighted by Gasteiger charge is -2.24. The van der Waals surface area contributed by atoms with E-state index in [2.05, 4.69) is 22.2 Å². The fourth-order valence-electron chi connectivity index (χ4n) is 3.86. The molecule has 0 aliphatic carbocycles. The topological polar surface area (TPSA) is 90.9 Å². The minimum Gasteiger partial charge on any atom is -0.357 e. The van der Waals surface area contributed by atoms with E-state index in [-0.39, 0.29) is 35.3 Å². The van der Waals surface area contributed by atoms with Crippen LogP contribution in [0, 0.1) is 5.82 Å². The van der Waals surface area contributed by atoms with Crippen LogP contribution < -0.4 is 10.6 Å². The number of aliphatic imine (C=N–C) groups is 1. The van der Waals surface area contributed by atoms with Crippen molar-refractivity contribution >= 4 is 33.4 Å². The fourth-order valence-corrected chi connectivity index (χ4v) is 5.43. The van der Waals surface area contributed by atoms with E-state index in [1.54, 1.807) is 24.3 Å². The zero-order chi connectivity index (χ0) is 26.5. The predicted octanol–water partition coefficient (Wildman–Crippen LogP) is 4.29. The molecule has 36 heavy (non-hydrogen) atoms. The number of amidine groups is 1. The standard InChI is InChI=1S/C26H32ClFN4O3S/c1-5-14-29-25(33)23-26(3,4)31-24(30-23)18(2)13-15-32(17-19-11-12-21(27)22(28)16-19)36(34,35)20-9-7-6-8-10-20/h6-12,16,23H,2,5,13-15,17H2,1,3-4H3,(H,29,33)(H,30,31)/t23-/m0/s1. The number of rotatable bonds is 11. The van der Waals surface area contributed by atoms with Gasteiger partial charge in [0.15, 0.2) is 0 Å². The third-order valence-electron chi connectivity index (χ3n) is 5.92. The molecule has 0 radical (unpaired) electrons. The Kier molecular flexibility index (Phi) is 8.92. The summed E-state index contributed by atoms with van der Waals surface area (Å²) in [5, 5.41) is 6.00. The highest BCUT2D eigenvalue weighted by Gasteiger charge is 2.41. The number of nitrogens with zero attached hydrogens (tertiary/aromatic N) is 2. The number of sulfonamides is 1. The highest BCUT2D eigenvalue weighted by molar-refractivity contribution is 7.89. The third-order valence-corrected chi connectivity index (χ3v) is 8.09. The molecular formula is C26H32ClFN4O3S. The molecule has 1 aliphatic heterocycles. The summed E-state index contributed by atoms with van der Waals surface area (Å²) in [4.78, 5) is 17.4.